The maximum Gasteiger partial charge on any atom is 0.406 e. The van der Waals surface area contributed by atoms with Crippen LogP contribution >= 0.6 is 11.6 Å². The maximum absolute atomic E-state index is 12.3. The Bertz CT molecular complexity index is 513. The molecule has 1 amide bonds. The molecule has 106 valence electrons. The van der Waals surface area contributed by atoms with E-state index in [2.05, 4.69) is 0 Å². The molecule has 0 spiro atoms. The van der Waals surface area contributed by atoms with Crippen molar-refractivity contribution in [1.29, 1.82) is 0 Å². The van der Waals surface area contributed by atoms with Gasteiger partial charge in [-0.2, -0.15) is 13.2 Å². The van der Waals surface area contributed by atoms with Gasteiger partial charge in [-0.15, -0.1) is 11.6 Å². The molecule has 4 nitrogen and oxygen atoms in total. The van der Waals surface area contributed by atoms with Gasteiger partial charge in [0, 0.05) is 37.3 Å². The molecule has 0 N–H and O–H groups in total. The Morgan fingerprint density at radius 1 is 1.47 bits per heavy atom. The summed E-state index contributed by atoms with van der Waals surface area (Å²) in [5.74, 6) is -0.984. The summed E-state index contributed by atoms with van der Waals surface area (Å²) in [6.07, 6.45) is -3.19. The SMILES string of the molecule is Cn1ccc(C(=O)N(CCCl)CC(F)(F)F)cc1=O. The van der Waals surface area contributed by atoms with Gasteiger partial charge < -0.3 is 9.47 Å². The van der Waals surface area contributed by atoms with Crippen molar-refractivity contribution in [3.63, 3.8) is 0 Å². The van der Waals surface area contributed by atoms with Gasteiger partial charge in [0.05, 0.1) is 0 Å². The van der Waals surface area contributed by atoms with Crippen LogP contribution in [0.15, 0.2) is 23.1 Å². The van der Waals surface area contributed by atoms with Crippen LogP contribution in [-0.2, 0) is 7.05 Å². The van der Waals surface area contributed by atoms with Gasteiger partial charge in [-0.3, -0.25) is 9.59 Å². The molecular formula is C11H12ClF3N2O2. The van der Waals surface area contributed by atoms with Gasteiger partial charge in [-0.25, -0.2) is 0 Å². The highest BCUT2D eigenvalue weighted by Gasteiger charge is 2.33. The van der Waals surface area contributed by atoms with Crippen molar-refractivity contribution in [2.45, 2.75) is 6.18 Å². The Morgan fingerprint density at radius 3 is 2.58 bits per heavy atom. The topological polar surface area (TPSA) is 42.3 Å². The highest BCUT2D eigenvalue weighted by Crippen LogP contribution is 2.17. The number of alkyl halides is 4. The number of halogens is 4. The molecule has 0 aliphatic carbocycles. The minimum Gasteiger partial charge on any atom is -0.328 e. The Morgan fingerprint density at radius 2 is 2.11 bits per heavy atom. The van der Waals surface area contributed by atoms with Gasteiger partial charge in [0.15, 0.2) is 0 Å². The monoisotopic (exact) mass is 296 g/mol. The smallest absolute Gasteiger partial charge is 0.328 e. The van der Waals surface area contributed by atoms with Crippen molar-refractivity contribution in [3.8, 4) is 0 Å². The lowest BCUT2D eigenvalue weighted by molar-refractivity contribution is -0.140. The normalized spacial score (nSPS) is 11.4. The lowest BCUT2D eigenvalue weighted by Gasteiger charge is -2.23. The number of pyridine rings is 1. The van der Waals surface area contributed by atoms with Crippen LogP contribution in [0.2, 0.25) is 0 Å². The van der Waals surface area contributed by atoms with Crippen LogP contribution in [-0.4, -0.2) is 40.5 Å². The average Bonchev–Trinajstić information content (AvgIpc) is 2.29. The van der Waals surface area contributed by atoms with E-state index < -0.39 is 24.2 Å². The molecule has 0 fully saturated rings. The van der Waals surface area contributed by atoms with Crippen LogP contribution in [0.1, 0.15) is 10.4 Å². The number of aromatic nitrogens is 1. The number of carbonyl (C=O) groups excluding carboxylic acids is 1. The molecule has 0 saturated carbocycles. The number of nitrogens with zero attached hydrogens (tertiary/aromatic N) is 2. The molecule has 0 atom stereocenters. The first kappa shape index (κ1) is 15.6. The summed E-state index contributed by atoms with van der Waals surface area (Å²) >= 11 is 5.39. The van der Waals surface area contributed by atoms with Crippen molar-refractivity contribution in [3.05, 3.63) is 34.2 Å². The zero-order valence-electron chi connectivity index (χ0n) is 10.1. The predicted octanol–water partition coefficient (Wildman–Crippen LogP) is 1.63. The minimum absolute atomic E-state index is 0.0857. The van der Waals surface area contributed by atoms with E-state index in [1.807, 2.05) is 0 Å². The highest BCUT2D eigenvalue weighted by atomic mass is 35.5. The third-order valence-corrected chi connectivity index (χ3v) is 2.53. The number of aryl methyl sites for hydroxylation is 1. The molecule has 8 heteroatoms. The van der Waals surface area contributed by atoms with E-state index in [4.69, 9.17) is 11.6 Å². The third-order valence-electron chi connectivity index (χ3n) is 2.36. The first-order valence-electron chi connectivity index (χ1n) is 5.33. The van der Waals surface area contributed by atoms with E-state index in [1.54, 1.807) is 0 Å². The molecule has 0 aromatic carbocycles. The molecule has 1 aromatic heterocycles. The molecule has 0 unspecified atom stereocenters. The summed E-state index contributed by atoms with van der Waals surface area (Å²) < 4.78 is 38.3. The van der Waals surface area contributed by atoms with Crippen molar-refractivity contribution in [2.75, 3.05) is 19.0 Å². The Kier molecular flexibility index (Phi) is 4.99. The number of amides is 1. The summed E-state index contributed by atoms with van der Waals surface area (Å²) in [7, 11) is 1.48. The number of hydrogen-bond acceptors (Lipinski definition) is 2. The van der Waals surface area contributed by atoms with Gasteiger partial charge in [0.2, 0.25) is 0 Å². The van der Waals surface area contributed by atoms with Crippen LogP contribution in [0.4, 0.5) is 13.2 Å². The lowest BCUT2D eigenvalue weighted by atomic mass is 10.2. The molecular weight excluding hydrogens is 285 g/mol. The zero-order chi connectivity index (χ0) is 14.6. The molecule has 1 rings (SSSR count). The van der Waals surface area contributed by atoms with Crippen LogP contribution < -0.4 is 5.56 Å². The molecule has 0 bridgehead atoms. The zero-order valence-corrected chi connectivity index (χ0v) is 10.8. The van der Waals surface area contributed by atoms with Gasteiger partial charge in [0.25, 0.3) is 11.5 Å². The number of rotatable bonds is 4. The minimum atomic E-state index is -4.51. The van der Waals surface area contributed by atoms with Crippen molar-refractivity contribution in [2.24, 2.45) is 7.05 Å². The Balaban J connectivity index is 2.98. The van der Waals surface area contributed by atoms with E-state index in [0.29, 0.717) is 4.90 Å². The van der Waals surface area contributed by atoms with E-state index >= 15 is 0 Å². The second-order valence-electron chi connectivity index (χ2n) is 3.90. The molecule has 0 saturated heterocycles. The van der Waals surface area contributed by atoms with Crippen LogP contribution in [0.5, 0.6) is 0 Å². The van der Waals surface area contributed by atoms with E-state index in [-0.39, 0.29) is 18.0 Å². The first-order chi connectivity index (χ1) is 8.74. The number of carbonyl (C=O) groups is 1. The highest BCUT2D eigenvalue weighted by molar-refractivity contribution is 6.18. The largest absolute Gasteiger partial charge is 0.406 e. The van der Waals surface area contributed by atoms with Crippen LogP contribution in [0.3, 0.4) is 0 Å². The number of hydrogen-bond donors (Lipinski definition) is 0. The van der Waals surface area contributed by atoms with Gasteiger partial charge in [-0.05, 0) is 6.07 Å². The van der Waals surface area contributed by atoms with Crippen LogP contribution in [0.25, 0.3) is 0 Å². The average molecular weight is 297 g/mol. The van der Waals surface area contributed by atoms with Gasteiger partial charge >= 0.3 is 6.18 Å². The van der Waals surface area contributed by atoms with Crippen molar-refractivity contribution >= 4 is 17.5 Å². The lowest BCUT2D eigenvalue weighted by Crippen LogP contribution is -2.40. The summed E-state index contributed by atoms with van der Waals surface area (Å²) in [6, 6.07) is 2.29. The summed E-state index contributed by atoms with van der Waals surface area (Å²) in [5.41, 5.74) is -0.554. The fraction of sp³-hybridized carbons (Fsp3) is 0.455. The Labute approximate surface area is 112 Å². The second kappa shape index (κ2) is 6.10. The van der Waals surface area contributed by atoms with E-state index in [1.165, 1.54) is 23.9 Å². The summed E-state index contributed by atoms with van der Waals surface area (Å²) in [6.45, 7) is -1.64. The van der Waals surface area contributed by atoms with E-state index in [0.717, 1.165) is 6.07 Å². The predicted molar refractivity (Wildman–Crippen MR) is 64.4 cm³/mol. The summed E-state index contributed by atoms with van der Waals surface area (Å²) in [5, 5.41) is 0. The van der Waals surface area contributed by atoms with Crippen LogP contribution in [0, 0.1) is 0 Å². The fourth-order valence-electron chi connectivity index (χ4n) is 1.43. The molecule has 0 aliphatic rings. The summed E-state index contributed by atoms with van der Waals surface area (Å²) in [4.78, 5) is 23.8. The maximum atomic E-state index is 12.3. The Hall–Kier alpha value is -1.50. The third kappa shape index (κ3) is 4.59. The van der Waals surface area contributed by atoms with E-state index in [9.17, 15) is 22.8 Å². The second-order valence-corrected chi connectivity index (χ2v) is 4.27. The van der Waals surface area contributed by atoms with Gasteiger partial charge in [0.1, 0.15) is 6.54 Å². The quantitative estimate of drug-likeness (QED) is 0.793. The fourth-order valence-corrected chi connectivity index (χ4v) is 1.64. The standard InChI is InChI=1S/C11H12ClF3N2O2/c1-16-4-2-8(6-9(16)18)10(19)17(5-3-12)7-11(13,14)15/h2,4,6H,3,5,7H2,1H3. The molecule has 0 radical (unpaired) electrons. The molecule has 1 heterocycles. The molecule has 19 heavy (non-hydrogen) atoms. The van der Waals surface area contributed by atoms with Crippen molar-refractivity contribution in [1.82, 2.24) is 9.47 Å². The first-order valence-corrected chi connectivity index (χ1v) is 5.86. The molecule has 0 aliphatic heterocycles. The van der Waals surface area contributed by atoms with Crippen molar-refractivity contribution < 1.29 is 18.0 Å². The molecule has 1 aromatic rings. The van der Waals surface area contributed by atoms with Gasteiger partial charge in [-0.1, -0.05) is 0 Å².